The average molecular weight is 588 g/mol. The lowest BCUT2D eigenvalue weighted by molar-refractivity contribution is -0.519. The summed E-state index contributed by atoms with van der Waals surface area (Å²) in [4.78, 5) is 7.29. The van der Waals surface area contributed by atoms with Crippen LogP contribution < -0.4 is 9.80 Å². The van der Waals surface area contributed by atoms with Gasteiger partial charge in [-0.05, 0) is 137 Å². The number of anilines is 3. The highest BCUT2D eigenvalue weighted by molar-refractivity contribution is 6.04. The zero-order valence-electron chi connectivity index (χ0n) is 27.8. The maximum Gasteiger partial charge on any atom is 0.199 e. The van der Waals surface area contributed by atoms with Crippen molar-refractivity contribution >= 4 is 28.3 Å². The second kappa shape index (κ2) is 14.7. The molecule has 5 rings (SSSR count). The van der Waals surface area contributed by atoms with Gasteiger partial charge >= 0.3 is 0 Å². The molecule has 1 aliphatic heterocycles. The molecule has 0 atom stereocenters. The van der Waals surface area contributed by atoms with Crippen molar-refractivity contribution < 1.29 is 4.58 Å². The first-order valence-corrected chi connectivity index (χ1v) is 16.7. The number of benzene rings is 3. The van der Waals surface area contributed by atoms with E-state index >= 15 is 0 Å². The van der Waals surface area contributed by atoms with E-state index in [1.807, 2.05) is 0 Å². The van der Waals surface area contributed by atoms with Crippen LogP contribution in [0.1, 0.15) is 56.4 Å². The van der Waals surface area contributed by atoms with Crippen LogP contribution in [0.5, 0.6) is 0 Å². The molecule has 44 heavy (non-hydrogen) atoms. The Bertz CT molecular complexity index is 1530. The van der Waals surface area contributed by atoms with E-state index in [4.69, 9.17) is 0 Å². The van der Waals surface area contributed by atoms with E-state index in [1.165, 1.54) is 56.2 Å². The summed E-state index contributed by atoms with van der Waals surface area (Å²) in [6, 6.07) is 25.4. The molecule has 0 radical (unpaired) electrons. The molecule has 1 heterocycles. The van der Waals surface area contributed by atoms with Crippen molar-refractivity contribution in [1.29, 1.82) is 0 Å². The largest absolute Gasteiger partial charge is 0.372 e. The van der Waals surface area contributed by atoms with Crippen LogP contribution in [0.25, 0.3) is 5.57 Å². The van der Waals surface area contributed by atoms with Crippen LogP contribution in [-0.2, 0) is 12.8 Å². The Labute approximate surface area is 266 Å². The van der Waals surface area contributed by atoms with Gasteiger partial charge in [0.25, 0.3) is 0 Å². The highest BCUT2D eigenvalue weighted by Gasteiger charge is 2.23. The third kappa shape index (κ3) is 6.92. The maximum absolute atomic E-state index is 2.59. The number of para-hydroxylation sites is 1. The molecule has 0 saturated carbocycles. The highest BCUT2D eigenvalue weighted by Crippen LogP contribution is 2.40. The van der Waals surface area contributed by atoms with Gasteiger partial charge in [-0.3, -0.25) is 0 Å². The van der Waals surface area contributed by atoms with E-state index in [0.29, 0.717) is 0 Å². The van der Waals surface area contributed by atoms with Crippen molar-refractivity contribution in [2.24, 2.45) is 0 Å². The Hall–Kier alpha value is -3.89. The number of aryl methyl sites for hydroxylation is 2. The standard InChI is InChI=1S/C40H51N4/c1-7-42(8-2)36-24-20-33(21-25-36)40(34-22-26-37(27-23-34)43(9-3)10-4)35-19-18-32-17-16-31-14-11-12-15-38(31)44(39(32)30-35)29-13-28-41(5)6/h11-12,14-15,18-27,30H,7-10,13,16-17,28-29H2,1-6H3/q+1. The number of fused-ring (bicyclic) bond motifs is 2. The summed E-state index contributed by atoms with van der Waals surface area (Å²) >= 11 is 0. The monoisotopic (exact) mass is 587 g/mol. The number of hydrogen-bond donors (Lipinski definition) is 0. The quantitative estimate of drug-likeness (QED) is 0.210. The summed E-state index contributed by atoms with van der Waals surface area (Å²) < 4.78 is 2.41. The van der Waals surface area contributed by atoms with Gasteiger partial charge in [0.1, 0.15) is 13.1 Å². The molecule has 3 aromatic carbocycles. The first kappa shape index (κ1) is 31.5. The number of allylic oxidation sites excluding steroid dienone is 5. The molecule has 0 amide bonds. The fraction of sp³-hybridized carbons (Fsp3) is 0.375. The predicted molar refractivity (Wildman–Crippen MR) is 191 cm³/mol. The minimum Gasteiger partial charge on any atom is -0.372 e. The fourth-order valence-corrected chi connectivity index (χ4v) is 6.71. The second-order valence-electron chi connectivity index (χ2n) is 12.1. The van der Waals surface area contributed by atoms with Crippen molar-refractivity contribution in [2.75, 3.05) is 63.2 Å². The summed E-state index contributed by atoms with van der Waals surface area (Å²) in [6.07, 6.45) is 12.5. The lowest BCUT2D eigenvalue weighted by Crippen LogP contribution is -2.24. The van der Waals surface area contributed by atoms with E-state index in [-0.39, 0.29) is 0 Å². The molecule has 4 nitrogen and oxygen atoms in total. The Balaban J connectivity index is 1.64. The third-order valence-corrected chi connectivity index (χ3v) is 9.17. The topological polar surface area (TPSA) is 12.7 Å². The van der Waals surface area contributed by atoms with Crippen LogP contribution in [0.2, 0.25) is 0 Å². The van der Waals surface area contributed by atoms with Crippen LogP contribution >= 0.6 is 0 Å². The molecule has 0 bridgehead atoms. The second-order valence-corrected chi connectivity index (χ2v) is 12.1. The van der Waals surface area contributed by atoms with Crippen molar-refractivity contribution in [3.63, 3.8) is 0 Å². The SMILES string of the molecule is CCN(CC)c1ccc(C(=C2C=CC(=[N+](CC)CC)C=C2)c2ccc3c(c2)N(CCCN(C)C)c2ccccc2CC3)cc1. The van der Waals surface area contributed by atoms with Crippen molar-refractivity contribution in [3.05, 3.63) is 119 Å². The van der Waals surface area contributed by atoms with Crippen molar-refractivity contribution in [1.82, 2.24) is 4.90 Å². The summed E-state index contributed by atoms with van der Waals surface area (Å²) in [5.74, 6) is 0. The molecular formula is C40H51N4+. The summed E-state index contributed by atoms with van der Waals surface area (Å²) in [7, 11) is 4.33. The average Bonchev–Trinajstić information content (AvgIpc) is 3.20. The van der Waals surface area contributed by atoms with E-state index in [1.54, 1.807) is 0 Å². The van der Waals surface area contributed by atoms with Gasteiger partial charge in [0.15, 0.2) is 5.71 Å². The van der Waals surface area contributed by atoms with Gasteiger partial charge in [-0.15, -0.1) is 0 Å². The molecule has 0 fully saturated rings. The normalized spacial score (nSPS) is 14.0. The van der Waals surface area contributed by atoms with Crippen LogP contribution in [0.4, 0.5) is 17.1 Å². The Morgan fingerprint density at radius 3 is 2.00 bits per heavy atom. The molecule has 0 spiro atoms. The highest BCUT2D eigenvalue weighted by atomic mass is 15.1. The zero-order chi connectivity index (χ0) is 31.1. The van der Waals surface area contributed by atoms with E-state index in [0.717, 1.165) is 58.5 Å². The summed E-state index contributed by atoms with van der Waals surface area (Å²) in [5.41, 5.74) is 13.2. The molecule has 0 unspecified atom stereocenters. The van der Waals surface area contributed by atoms with Crippen molar-refractivity contribution in [2.45, 2.75) is 47.0 Å². The van der Waals surface area contributed by atoms with E-state index in [2.05, 4.69) is 152 Å². The van der Waals surface area contributed by atoms with Gasteiger partial charge in [0.2, 0.25) is 0 Å². The first-order valence-electron chi connectivity index (χ1n) is 16.7. The molecule has 2 aliphatic rings. The predicted octanol–water partition coefficient (Wildman–Crippen LogP) is 8.14. The van der Waals surface area contributed by atoms with Crippen molar-refractivity contribution in [3.8, 4) is 0 Å². The molecule has 1 aliphatic carbocycles. The Morgan fingerprint density at radius 1 is 0.727 bits per heavy atom. The lowest BCUT2D eigenvalue weighted by atomic mass is 9.89. The Kier molecular flexibility index (Phi) is 10.6. The molecule has 0 saturated heterocycles. The lowest BCUT2D eigenvalue weighted by Gasteiger charge is -2.28. The van der Waals surface area contributed by atoms with Gasteiger partial charge in [0.05, 0.1) is 0 Å². The number of nitrogens with zero attached hydrogens (tertiary/aromatic N) is 4. The molecule has 230 valence electrons. The number of hydrogen-bond acceptors (Lipinski definition) is 3. The van der Waals surface area contributed by atoms with Gasteiger partial charge in [-0.2, -0.15) is 0 Å². The van der Waals surface area contributed by atoms with Crippen LogP contribution in [0, 0.1) is 0 Å². The van der Waals surface area contributed by atoms with Gasteiger partial charge < -0.3 is 14.7 Å². The van der Waals surface area contributed by atoms with Crippen LogP contribution in [0.15, 0.2) is 96.6 Å². The van der Waals surface area contributed by atoms with Crippen LogP contribution in [-0.4, -0.2) is 68.6 Å². The molecule has 3 aromatic rings. The maximum atomic E-state index is 2.59. The molecule has 0 N–H and O–H groups in total. The van der Waals surface area contributed by atoms with Gasteiger partial charge in [-0.1, -0.05) is 42.5 Å². The smallest absolute Gasteiger partial charge is 0.199 e. The number of rotatable bonds is 11. The molecular weight excluding hydrogens is 536 g/mol. The summed E-state index contributed by atoms with van der Waals surface area (Å²) in [6.45, 7) is 15.0. The third-order valence-electron chi connectivity index (χ3n) is 9.17. The zero-order valence-corrected chi connectivity index (χ0v) is 27.8. The van der Waals surface area contributed by atoms with E-state index < -0.39 is 0 Å². The van der Waals surface area contributed by atoms with E-state index in [9.17, 15) is 0 Å². The van der Waals surface area contributed by atoms with Gasteiger partial charge in [0, 0.05) is 48.8 Å². The van der Waals surface area contributed by atoms with Crippen LogP contribution in [0.3, 0.4) is 0 Å². The minimum absolute atomic E-state index is 0.998. The first-order chi connectivity index (χ1) is 21.5. The summed E-state index contributed by atoms with van der Waals surface area (Å²) in [5, 5.41) is 0. The molecule has 4 heteroatoms. The fourth-order valence-electron chi connectivity index (χ4n) is 6.71. The Morgan fingerprint density at radius 2 is 1.36 bits per heavy atom. The minimum atomic E-state index is 0.998. The van der Waals surface area contributed by atoms with Gasteiger partial charge in [-0.25, -0.2) is 4.58 Å². The molecule has 0 aromatic heterocycles.